The molecule has 1 aromatic carbocycles. The first kappa shape index (κ1) is 21.8. The van der Waals surface area contributed by atoms with E-state index in [1.54, 1.807) is 30.2 Å². The second-order valence-electron chi connectivity index (χ2n) is 6.92. The van der Waals surface area contributed by atoms with E-state index in [4.69, 9.17) is 16.3 Å². The van der Waals surface area contributed by atoms with E-state index in [9.17, 15) is 9.59 Å². The molecule has 2 aliphatic heterocycles. The molecule has 7 nitrogen and oxygen atoms in total. The van der Waals surface area contributed by atoms with Crippen molar-refractivity contribution in [1.82, 2.24) is 16.0 Å². The molecule has 9 heteroatoms. The van der Waals surface area contributed by atoms with Gasteiger partial charge in [0.25, 0.3) is 5.91 Å². The predicted molar refractivity (Wildman–Crippen MR) is 108 cm³/mol. The van der Waals surface area contributed by atoms with E-state index in [0.29, 0.717) is 42.5 Å². The highest BCUT2D eigenvalue weighted by molar-refractivity contribution is 6.34. The molecule has 0 aliphatic carbocycles. The Labute approximate surface area is 170 Å². The number of piperidine rings is 1. The van der Waals surface area contributed by atoms with Crippen molar-refractivity contribution in [2.45, 2.75) is 12.8 Å². The van der Waals surface area contributed by atoms with Gasteiger partial charge in [-0.1, -0.05) is 11.6 Å². The molecule has 2 heterocycles. The maximum atomic E-state index is 12.7. The van der Waals surface area contributed by atoms with E-state index < -0.39 is 0 Å². The Kier molecular flexibility index (Phi) is 7.73. The van der Waals surface area contributed by atoms with Crippen molar-refractivity contribution in [3.05, 3.63) is 28.8 Å². The lowest BCUT2D eigenvalue weighted by atomic mass is 9.79. The summed E-state index contributed by atoms with van der Waals surface area (Å²) in [6.45, 7) is 4.13. The second kappa shape index (κ2) is 9.59. The first-order valence-electron chi connectivity index (χ1n) is 8.87. The summed E-state index contributed by atoms with van der Waals surface area (Å²) in [6.07, 6.45) is 1.92. The molecule has 0 atom stereocenters. The van der Waals surface area contributed by atoms with Crippen LogP contribution in [0.4, 0.5) is 10.5 Å². The highest BCUT2D eigenvalue weighted by atomic mass is 35.5. The van der Waals surface area contributed by atoms with Crippen molar-refractivity contribution in [2.75, 3.05) is 51.3 Å². The topological polar surface area (TPSA) is 82.7 Å². The first-order chi connectivity index (χ1) is 12.5. The fourth-order valence-corrected chi connectivity index (χ4v) is 3.79. The number of benzene rings is 1. The van der Waals surface area contributed by atoms with Gasteiger partial charge in [-0.15, -0.1) is 12.4 Å². The molecule has 150 valence electrons. The molecule has 0 unspecified atom stereocenters. The summed E-state index contributed by atoms with van der Waals surface area (Å²) in [4.78, 5) is 26.1. The summed E-state index contributed by atoms with van der Waals surface area (Å²) in [5.74, 6) is -0.170. The molecule has 0 bridgehead atoms. The highest BCUT2D eigenvalue weighted by Crippen LogP contribution is 2.30. The molecule has 0 spiro atoms. The number of carbonyl (C=O) groups is 2. The fourth-order valence-electron chi connectivity index (χ4n) is 3.57. The Morgan fingerprint density at radius 3 is 2.70 bits per heavy atom. The quantitative estimate of drug-likeness (QED) is 0.662. The number of nitrogens with one attached hydrogen (secondary N) is 3. The number of hydrogen-bond acceptors (Lipinski definition) is 4. The Hall–Kier alpha value is -1.54. The molecule has 0 aromatic heterocycles. The number of methoxy groups -OCH3 is 1. The number of carbonyl (C=O) groups excluding carboxylic acids is 2. The Morgan fingerprint density at radius 2 is 2.07 bits per heavy atom. The van der Waals surface area contributed by atoms with E-state index in [0.717, 1.165) is 25.9 Å². The minimum absolute atomic E-state index is 0. The molecule has 0 saturated carbocycles. The highest BCUT2D eigenvalue weighted by Gasteiger charge is 2.32. The van der Waals surface area contributed by atoms with E-state index in [1.165, 1.54) is 0 Å². The number of anilines is 1. The minimum atomic E-state index is -0.196. The summed E-state index contributed by atoms with van der Waals surface area (Å²) in [5, 5.41) is 9.56. The number of hydrogen-bond donors (Lipinski definition) is 3. The van der Waals surface area contributed by atoms with E-state index >= 15 is 0 Å². The zero-order valence-electron chi connectivity index (χ0n) is 15.3. The SMILES string of the molecule is COCC1(CNC(=O)c2ccc(Cl)c(N3CCNC3=O)c2)CCNCC1.Cl. The molecule has 3 amide bonds. The zero-order chi connectivity index (χ0) is 18.6. The number of nitrogens with zero attached hydrogens (tertiary/aromatic N) is 1. The monoisotopic (exact) mass is 416 g/mol. The largest absolute Gasteiger partial charge is 0.384 e. The van der Waals surface area contributed by atoms with Gasteiger partial charge in [-0.05, 0) is 44.1 Å². The van der Waals surface area contributed by atoms with Crippen molar-refractivity contribution < 1.29 is 14.3 Å². The minimum Gasteiger partial charge on any atom is -0.384 e. The van der Waals surface area contributed by atoms with E-state index in [-0.39, 0.29) is 29.8 Å². The van der Waals surface area contributed by atoms with E-state index in [2.05, 4.69) is 16.0 Å². The second-order valence-corrected chi connectivity index (χ2v) is 7.32. The van der Waals surface area contributed by atoms with Gasteiger partial charge in [0.1, 0.15) is 0 Å². The Morgan fingerprint density at radius 1 is 1.33 bits per heavy atom. The maximum Gasteiger partial charge on any atom is 0.322 e. The molecular formula is C18H26Cl2N4O3. The number of amides is 3. The van der Waals surface area contributed by atoms with Gasteiger partial charge in [0.05, 0.1) is 17.3 Å². The Bertz CT molecular complexity index is 675. The van der Waals surface area contributed by atoms with Crippen LogP contribution in [0, 0.1) is 5.41 Å². The van der Waals surface area contributed by atoms with Gasteiger partial charge in [-0.3, -0.25) is 9.69 Å². The van der Waals surface area contributed by atoms with Crippen LogP contribution in [0.15, 0.2) is 18.2 Å². The van der Waals surface area contributed by atoms with Crippen LogP contribution in [-0.4, -0.2) is 58.4 Å². The molecule has 1 aromatic rings. The number of rotatable bonds is 6. The van der Waals surface area contributed by atoms with Crippen LogP contribution in [0.2, 0.25) is 5.02 Å². The number of urea groups is 1. The third-order valence-electron chi connectivity index (χ3n) is 5.09. The van der Waals surface area contributed by atoms with Crippen LogP contribution >= 0.6 is 24.0 Å². The third kappa shape index (κ3) is 5.04. The van der Waals surface area contributed by atoms with Gasteiger partial charge in [0, 0.05) is 37.7 Å². The van der Waals surface area contributed by atoms with Gasteiger partial charge in [-0.25, -0.2) is 4.79 Å². The lowest BCUT2D eigenvalue weighted by Gasteiger charge is -2.37. The standard InChI is InChI=1S/C18H25ClN4O3.ClH/c1-26-12-18(4-6-20-7-5-18)11-22-16(24)13-2-3-14(19)15(10-13)23-9-8-21-17(23)25;/h2-3,10,20H,4-9,11-12H2,1H3,(H,21,25)(H,22,24);1H. The van der Waals surface area contributed by atoms with Gasteiger partial charge in [-0.2, -0.15) is 0 Å². The van der Waals surface area contributed by atoms with Crippen LogP contribution in [0.5, 0.6) is 0 Å². The predicted octanol–water partition coefficient (Wildman–Crippen LogP) is 2.04. The lowest BCUT2D eigenvalue weighted by molar-refractivity contribution is 0.0512. The average Bonchev–Trinajstić information content (AvgIpc) is 3.07. The van der Waals surface area contributed by atoms with Crippen molar-refractivity contribution >= 4 is 41.6 Å². The summed E-state index contributed by atoms with van der Waals surface area (Å²) in [7, 11) is 1.69. The molecule has 3 rings (SSSR count). The molecule has 27 heavy (non-hydrogen) atoms. The van der Waals surface area contributed by atoms with Gasteiger partial charge >= 0.3 is 6.03 Å². The van der Waals surface area contributed by atoms with E-state index in [1.807, 2.05) is 0 Å². The van der Waals surface area contributed by atoms with Crippen LogP contribution in [0.25, 0.3) is 0 Å². The molecule has 2 fully saturated rings. The van der Waals surface area contributed by atoms with Crippen LogP contribution in [0.3, 0.4) is 0 Å². The number of halogens is 2. The molecule has 3 N–H and O–H groups in total. The van der Waals surface area contributed by atoms with Gasteiger partial charge in [0.2, 0.25) is 0 Å². The van der Waals surface area contributed by atoms with Crippen LogP contribution in [0.1, 0.15) is 23.2 Å². The smallest absolute Gasteiger partial charge is 0.322 e. The molecule has 2 saturated heterocycles. The average molecular weight is 417 g/mol. The zero-order valence-corrected chi connectivity index (χ0v) is 16.9. The van der Waals surface area contributed by atoms with Crippen LogP contribution < -0.4 is 20.9 Å². The maximum absolute atomic E-state index is 12.7. The van der Waals surface area contributed by atoms with Gasteiger partial charge < -0.3 is 20.7 Å². The summed E-state index contributed by atoms with van der Waals surface area (Å²) in [5.41, 5.74) is 1.01. The molecular weight excluding hydrogens is 391 g/mol. The summed E-state index contributed by atoms with van der Waals surface area (Å²) >= 11 is 6.23. The normalized spacial score (nSPS) is 18.6. The first-order valence-corrected chi connectivity index (χ1v) is 9.25. The molecule has 2 aliphatic rings. The van der Waals surface area contributed by atoms with Crippen LogP contribution in [-0.2, 0) is 4.74 Å². The lowest BCUT2D eigenvalue weighted by Crippen LogP contribution is -2.47. The van der Waals surface area contributed by atoms with Crippen molar-refractivity contribution in [3.8, 4) is 0 Å². The third-order valence-corrected chi connectivity index (χ3v) is 5.41. The summed E-state index contributed by atoms with van der Waals surface area (Å²) in [6, 6.07) is 4.82. The Balaban J connectivity index is 0.00000261. The van der Waals surface area contributed by atoms with Gasteiger partial charge in [0.15, 0.2) is 0 Å². The van der Waals surface area contributed by atoms with Crippen molar-refractivity contribution in [3.63, 3.8) is 0 Å². The fraction of sp³-hybridized carbons (Fsp3) is 0.556. The molecule has 0 radical (unpaired) electrons. The summed E-state index contributed by atoms with van der Waals surface area (Å²) < 4.78 is 5.39. The van der Waals surface area contributed by atoms with Crippen molar-refractivity contribution in [2.24, 2.45) is 5.41 Å². The number of ether oxygens (including phenoxy) is 1. The van der Waals surface area contributed by atoms with Crippen molar-refractivity contribution in [1.29, 1.82) is 0 Å².